The molecule has 0 radical (unpaired) electrons. The van der Waals surface area contributed by atoms with Gasteiger partial charge in [0.05, 0.1) is 5.56 Å². The molecule has 0 aliphatic rings. The molecule has 0 saturated heterocycles. The van der Waals surface area contributed by atoms with E-state index in [9.17, 15) is 28.5 Å². The van der Waals surface area contributed by atoms with Crippen LogP contribution in [-0.4, -0.2) is 28.3 Å². The zero-order valence-corrected chi connectivity index (χ0v) is 12.6. The van der Waals surface area contributed by atoms with Gasteiger partial charge in [-0.3, -0.25) is 9.35 Å². The van der Waals surface area contributed by atoms with Gasteiger partial charge in [-0.15, -0.1) is 0 Å². The number of benzene rings is 2. The van der Waals surface area contributed by atoms with Crippen molar-refractivity contribution in [1.29, 1.82) is 0 Å². The first kappa shape index (κ1) is 15.8. The van der Waals surface area contributed by atoms with E-state index in [-0.39, 0.29) is 27.8 Å². The molecule has 0 saturated carbocycles. The first-order chi connectivity index (χ1) is 11.2. The Morgan fingerprint density at radius 1 is 0.958 bits per heavy atom. The fourth-order valence-electron chi connectivity index (χ4n) is 2.31. The molecule has 0 spiro atoms. The Morgan fingerprint density at radius 3 is 2.33 bits per heavy atom. The molecule has 24 heavy (non-hydrogen) atoms. The maximum Gasteiger partial charge on any atom is 0.298 e. The van der Waals surface area contributed by atoms with Crippen LogP contribution in [0.4, 0.5) is 0 Å². The van der Waals surface area contributed by atoms with Crippen LogP contribution in [0.15, 0.2) is 50.7 Å². The summed E-state index contributed by atoms with van der Waals surface area (Å²) in [6.45, 7) is 0. The van der Waals surface area contributed by atoms with Crippen molar-refractivity contribution in [3.05, 3.63) is 46.8 Å². The molecule has 1 heterocycles. The molecule has 0 fully saturated rings. The number of hydrogen-bond acceptors (Lipinski definition) is 7. The fourth-order valence-corrected chi connectivity index (χ4v) is 2.91. The van der Waals surface area contributed by atoms with Crippen LogP contribution in [0.3, 0.4) is 0 Å². The quantitative estimate of drug-likeness (QED) is 0.512. The molecule has 4 N–H and O–H groups in total. The molecule has 0 aliphatic carbocycles. The van der Waals surface area contributed by atoms with Gasteiger partial charge >= 0.3 is 0 Å². The van der Waals surface area contributed by atoms with Gasteiger partial charge in [0, 0.05) is 12.1 Å². The topological polar surface area (TPSA) is 145 Å². The van der Waals surface area contributed by atoms with Gasteiger partial charge in [-0.2, -0.15) is 8.42 Å². The van der Waals surface area contributed by atoms with E-state index in [0.717, 1.165) is 30.5 Å². The predicted octanol–water partition coefficient (Wildman–Crippen LogP) is 1.82. The number of phenols is 3. The van der Waals surface area contributed by atoms with Crippen LogP contribution in [0.1, 0.15) is 0 Å². The van der Waals surface area contributed by atoms with Gasteiger partial charge in [-0.1, -0.05) is 6.07 Å². The SMILES string of the molecule is O=c1c(-c2ccc(O)c(S(=O)(=O)O)c2)coc2cc(O)cc(O)c12. The molecule has 2 aromatic carbocycles. The average Bonchev–Trinajstić information content (AvgIpc) is 2.46. The van der Waals surface area contributed by atoms with Crippen molar-refractivity contribution >= 4 is 21.1 Å². The number of aromatic hydroxyl groups is 3. The summed E-state index contributed by atoms with van der Waals surface area (Å²) in [5.41, 5.74) is -0.798. The summed E-state index contributed by atoms with van der Waals surface area (Å²) in [5, 5.41) is 28.6. The smallest absolute Gasteiger partial charge is 0.298 e. The van der Waals surface area contributed by atoms with Gasteiger partial charge in [0.2, 0.25) is 5.43 Å². The van der Waals surface area contributed by atoms with Crippen molar-refractivity contribution in [3.63, 3.8) is 0 Å². The minimum atomic E-state index is -4.70. The second-order valence-corrected chi connectivity index (χ2v) is 6.36. The lowest BCUT2D eigenvalue weighted by Gasteiger charge is -2.07. The summed E-state index contributed by atoms with van der Waals surface area (Å²) in [7, 11) is -4.70. The van der Waals surface area contributed by atoms with E-state index >= 15 is 0 Å². The third-order valence-electron chi connectivity index (χ3n) is 3.39. The van der Waals surface area contributed by atoms with E-state index in [1.807, 2.05) is 0 Å². The van der Waals surface area contributed by atoms with Gasteiger partial charge in [0.1, 0.15) is 39.4 Å². The van der Waals surface area contributed by atoms with Crippen molar-refractivity contribution in [2.24, 2.45) is 0 Å². The van der Waals surface area contributed by atoms with Crippen LogP contribution in [0.25, 0.3) is 22.1 Å². The van der Waals surface area contributed by atoms with Crippen molar-refractivity contribution in [2.45, 2.75) is 4.90 Å². The van der Waals surface area contributed by atoms with E-state index in [2.05, 4.69) is 0 Å². The van der Waals surface area contributed by atoms with Crippen LogP contribution in [0, 0.1) is 0 Å². The lowest BCUT2D eigenvalue weighted by Crippen LogP contribution is -2.06. The number of phenolic OH excluding ortho intramolecular Hbond substituents is 3. The Hall–Kier alpha value is -3.04. The summed E-state index contributed by atoms with van der Waals surface area (Å²) >= 11 is 0. The molecule has 1 aromatic heterocycles. The number of rotatable bonds is 2. The Balaban J connectivity index is 2.32. The molecule has 0 atom stereocenters. The maximum absolute atomic E-state index is 12.5. The zero-order valence-electron chi connectivity index (χ0n) is 11.8. The van der Waals surface area contributed by atoms with Gasteiger partial charge in [0.15, 0.2) is 0 Å². The third kappa shape index (κ3) is 2.55. The molecular weight excluding hydrogens is 340 g/mol. The lowest BCUT2D eigenvalue weighted by molar-refractivity contribution is 0.443. The average molecular weight is 350 g/mol. The Bertz CT molecular complexity index is 1130. The largest absolute Gasteiger partial charge is 0.508 e. The van der Waals surface area contributed by atoms with Gasteiger partial charge in [0.25, 0.3) is 10.1 Å². The predicted molar refractivity (Wildman–Crippen MR) is 82.7 cm³/mol. The van der Waals surface area contributed by atoms with Crippen molar-refractivity contribution in [1.82, 2.24) is 0 Å². The lowest BCUT2D eigenvalue weighted by atomic mass is 10.0. The van der Waals surface area contributed by atoms with Gasteiger partial charge in [-0.25, -0.2) is 0 Å². The summed E-state index contributed by atoms with van der Waals surface area (Å²) < 4.78 is 36.8. The number of fused-ring (bicyclic) bond motifs is 1. The van der Waals surface area contributed by atoms with Crippen molar-refractivity contribution in [2.75, 3.05) is 0 Å². The minimum absolute atomic E-state index is 0.0450. The highest BCUT2D eigenvalue weighted by Gasteiger charge is 2.19. The zero-order chi connectivity index (χ0) is 17.6. The molecule has 0 amide bonds. The Kier molecular flexibility index (Phi) is 3.47. The molecular formula is C15H10O8S. The first-order valence-electron chi connectivity index (χ1n) is 6.47. The highest BCUT2D eigenvalue weighted by atomic mass is 32.2. The summed E-state index contributed by atoms with van der Waals surface area (Å²) in [6, 6.07) is 5.25. The summed E-state index contributed by atoms with van der Waals surface area (Å²) in [4.78, 5) is 11.8. The normalized spacial score (nSPS) is 11.7. The standard InChI is InChI=1S/C15H10O8S/c16-8-4-11(18)14-12(5-8)23-6-9(15(14)19)7-1-2-10(17)13(3-7)24(20,21)22/h1-6,16-18H,(H,20,21,22). The third-order valence-corrected chi connectivity index (χ3v) is 4.27. The molecule has 9 heteroatoms. The van der Waals surface area contributed by atoms with E-state index in [4.69, 9.17) is 8.97 Å². The van der Waals surface area contributed by atoms with Crippen molar-refractivity contribution < 1.29 is 32.7 Å². The molecule has 0 aliphatic heterocycles. The van der Waals surface area contributed by atoms with Crippen LogP contribution >= 0.6 is 0 Å². The van der Waals surface area contributed by atoms with E-state index < -0.39 is 31.9 Å². The van der Waals surface area contributed by atoms with Crippen LogP contribution < -0.4 is 5.43 Å². The Labute approximate surface area is 134 Å². The van der Waals surface area contributed by atoms with E-state index in [0.29, 0.717) is 0 Å². The second kappa shape index (κ2) is 5.25. The highest BCUT2D eigenvalue weighted by Crippen LogP contribution is 2.31. The second-order valence-electron chi connectivity index (χ2n) is 4.97. The number of hydrogen-bond donors (Lipinski definition) is 4. The molecule has 0 bridgehead atoms. The fraction of sp³-hybridized carbons (Fsp3) is 0. The van der Waals surface area contributed by atoms with Crippen LogP contribution in [0.2, 0.25) is 0 Å². The molecule has 3 rings (SSSR count). The summed E-state index contributed by atoms with van der Waals surface area (Å²) in [6.07, 6.45) is 1.02. The van der Waals surface area contributed by atoms with E-state index in [1.54, 1.807) is 0 Å². The monoisotopic (exact) mass is 350 g/mol. The highest BCUT2D eigenvalue weighted by molar-refractivity contribution is 7.86. The van der Waals surface area contributed by atoms with Gasteiger partial charge in [-0.05, 0) is 17.7 Å². The molecule has 3 aromatic rings. The summed E-state index contributed by atoms with van der Waals surface area (Å²) in [5.74, 6) is -1.48. The molecule has 0 unspecified atom stereocenters. The van der Waals surface area contributed by atoms with Crippen LogP contribution in [-0.2, 0) is 10.1 Å². The Morgan fingerprint density at radius 2 is 1.67 bits per heavy atom. The minimum Gasteiger partial charge on any atom is -0.508 e. The van der Waals surface area contributed by atoms with Crippen molar-refractivity contribution in [3.8, 4) is 28.4 Å². The van der Waals surface area contributed by atoms with Gasteiger partial charge < -0.3 is 19.7 Å². The van der Waals surface area contributed by atoms with E-state index in [1.165, 1.54) is 6.07 Å². The van der Waals surface area contributed by atoms with Crippen LogP contribution in [0.5, 0.6) is 17.2 Å². The maximum atomic E-state index is 12.5. The molecule has 124 valence electrons. The first-order valence-corrected chi connectivity index (χ1v) is 7.91. The molecule has 8 nitrogen and oxygen atoms in total.